The average molecular weight is 285 g/mol. The number of carbonyl (C=O) groups excluding carboxylic acids is 1. The van der Waals surface area contributed by atoms with E-state index in [9.17, 15) is 4.79 Å². The number of amides is 1. The van der Waals surface area contributed by atoms with E-state index in [0.717, 1.165) is 42.8 Å². The molecule has 1 fully saturated rings. The summed E-state index contributed by atoms with van der Waals surface area (Å²) in [5.41, 5.74) is 8.16. The summed E-state index contributed by atoms with van der Waals surface area (Å²) < 4.78 is 0. The third-order valence-electron chi connectivity index (χ3n) is 4.63. The lowest BCUT2D eigenvalue weighted by Gasteiger charge is -2.19. The minimum absolute atomic E-state index is 0.0994. The second-order valence-electron chi connectivity index (χ2n) is 5.99. The largest absolute Gasteiger partial charge is 0.397 e. The molecule has 2 aromatic rings. The SMILES string of the molecule is CCC1CCCN(C(=O)c2cc3cccc(N)c3[nH]2)CC1. The van der Waals surface area contributed by atoms with Gasteiger partial charge in [-0.2, -0.15) is 0 Å². The van der Waals surface area contributed by atoms with Crippen LogP contribution in [0.25, 0.3) is 10.9 Å². The minimum Gasteiger partial charge on any atom is -0.397 e. The summed E-state index contributed by atoms with van der Waals surface area (Å²) in [7, 11) is 0. The highest BCUT2D eigenvalue weighted by Crippen LogP contribution is 2.24. The van der Waals surface area contributed by atoms with Gasteiger partial charge in [0.05, 0.1) is 11.2 Å². The van der Waals surface area contributed by atoms with Crippen LogP contribution < -0.4 is 5.73 Å². The summed E-state index contributed by atoms with van der Waals surface area (Å²) in [6.45, 7) is 3.96. The van der Waals surface area contributed by atoms with Crippen molar-refractivity contribution in [2.45, 2.75) is 32.6 Å². The van der Waals surface area contributed by atoms with Gasteiger partial charge in [0.15, 0.2) is 0 Å². The molecule has 1 amide bonds. The van der Waals surface area contributed by atoms with E-state index < -0.39 is 0 Å². The second kappa shape index (κ2) is 5.80. The maximum atomic E-state index is 12.7. The minimum atomic E-state index is 0.0994. The molecule has 0 radical (unpaired) electrons. The number of hydrogen-bond donors (Lipinski definition) is 2. The van der Waals surface area contributed by atoms with E-state index in [4.69, 9.17) is 5.73 Å². The van der Waals surface area contributed by atoms with Crippen molar-refractivity contribution in [1.82, 2.24) is 9.88 Å². The molecule has 3 N–H and O–H groups in total. The van der Waals surface area contributed by atoms with Crippen LogP contribution in [0.2, 0.25) is 0 Å². The Balaban J connectivity index is 1.81. The highest BCUT2D eigenvalue weighted by Gasteiger charge is 2.22. The molecule has 4 nitrogen and oxygen atoms in total. The maximum absolute atomic E-state index is 12.7. The molecule has 0 aliphatic carbocycles. The summed E-state index contributed by atoms with van der Waals surface area (Å²) >= 11 is 0. The molecule has 2 heterocycles. The number of anilines is 1. The van der Waals surface area contributed by atoms with E-state index in [-0.39, 0.29) is 5.91 Å². The van der Waals surface area contributed by atoms with Crippen molar-refractivity contribution in [3.05, 3.63) is 30.0 Å². The monoisotopic (exact) mass is 285 g/mol. The normalized spacial score (nSPS) is 19.7. The van der Waals surface area contributed by atoms with Crippen molar-refractivity contribution in [1.29, 1.82) is 0 Å². The molecule has 3 rings (SSSR count). The van der Waals surface area contributed by atoms with Crippen molar-refractivity contribution in [2.24, 2.45) is 5.92 Å². The molecule has 4 heteroatoms. The number of para-hydroxylation sites is 1. The fourth-order valence-electron chi connectivity index (χ4n) is 3.24. The highest BCUT2D eigenvalue weighted by atomic mass is 16.2. The number of nitrogen functional groups attached to an aromatic ring is 1. The fraction of sp³-hybridized carbons (Fsp3) is 0.471. The van der Waals surface area contributed by atoms with Crippen molar-refractivity contribution in [2.75, 3.05) is 18.8 Å². The van der Waals surface area contributed by atoms with Crippen LogP contribution in [-0.4, -0.2) is 28.9 Å². The standard InChI is InChI=1S/C17H23N3O/c1-2-12-5-4-9-20(10-8-12)17(21)15-11-13-6-3-7-14(18)16(13)19-15/h3,6-7,11-12,19H,2,4-5,8-10,18H2,1H3. The van der Waals surface area contributed by atoms with Crippen molar-refractivity contribution >= 4 is 22.5 Å². The Hall–Kier alpha value is -1.97. The lowest BCUT2D eigenvalue weighted by molar-refractivity contribution is 0.0755. The predicted octanol–water partition coefficient (Wildman–Crippen LogP) is 3.40. The van der Waals surface area contributed by atoms with Crippen molar-refractivity contribution in [3.63, 3.8) is 0 Å². The zero-order valence-corrected chi connectivity index (χ0v) is 12.6. The number of aromatic nitrogens is 1. The Kier molecular flexibility index (Phi) is 3.86. The average Bonchev–Trinajstić information content (AvgIpc) is 2.79. The first-order valence-electron chi connectivity index (χ1n) is 7.85. The smallest absolute Gasteiger partial charge is 0.270 e. The Labute approximate surface area is 125 Å². The van der Waals surface area contributed by atoms with Gasteiger partial charge in [0, 0.05) is 18.5 Å². The fourth-order valence-corrected chi connectivity index (χ4v) is 3.24. The Morgan fingerprint density at radius 2 is 2.24 bits per heavy atom. The van der Waals surface area contributed by atoms with E-state index in [1.54, 1.807) is 0 Å². The zero-order chi connectivity index (χ0) is 14.8. The third-order valence-corrected chi connectivity index (χ3v) is 4.63. The van der Waals surface area contributed by atoms with E-state index in [2.05, 4.69) is 11.9 Å². The van der Waals surface area contributed by atoms with Gasteiger partial charge in [-0.3, -0.25) is 4.79 Å². The molecular weight excluding hydrogens is 262 g/mol. The van der Waals surface area contributed by atoms with Crippen LogP contribution in [0, 0.1) is 5.92 Å². The van der Waals surface area contributed by atoms with Crippen molar-refractivity contribution in [3.8, 4) is 0 Å². The van der Waals surface area contributed by atoms with Crippen LogP contribution in [-0.2, 0) is 0 Å². The Bertz CT molecular complexity index is 647. The molecule has 1 unspecified atom stereocenters. The summed E-state index contributed by atoms with van der Waals surface area (Å²) in [5.74, 6) is 0.864. The number of likely N-dealkylation sites (tertiary alicyclic amines) is 1. The molecule has 1 aliphatic heterocycles. The summed E-state index contributed by atoms with van der Waals surface area (Å²) in [6.07, 6.45) is 4.67. The number of rotatable bonds is 2. The molecule has 21 heavy (non-hydrogen) atoms. The van der Waals surface area contributed by atoms with Gasteiger partial charge < -0.3 is 15.6 Å². The number of benzene rings is 1. The number of nitrogens with one attached hydrogen (secondary N) is 1. The molecule has 1 aliphatic rings. The van der Waals surface area contributed by atoms with Gasteiger partial charge in [-0.1, -0.05) is 25.5 Å². The van der Waals surface area contributed by atoms with Gasteiger partial charge in [0.25, 0.3) is 5.91 Å². The molecule has 0 saturated carbocycles. The summed E-state index contributed by atoms with van der Waals surface area (Å²) in [5, 5.41) is 1.000. The lowest BCUT2D eigenvalue weighted by Crippen LogP contribution is -2.32. The van der Waals surface area contributed by atoms with Gasteiger partial charge in [-0.25, -0.2) is 0 Å². The van der Waals surface area contributed by atoms with Gasteiger partial charge in [-0.05, 0) is 37.3 Å². The number of aromatic amines is 1. The van der Waals surface area contributed by atoms with Crippen LogP contribution in [0.3, 0.4) is 0 Å². The molecule has 1 aromatic carbocycles. The summed E-state index contributed by atoms with van der Waals surface area (Å²) in [4.78, 5) is 17.9. The van der Waals surface area contributed by atoms with E-state index in [1.807, 2.05) is 29.2 Å². The molecular formula is C17H23N3O. The third kappa shape index (κ3) is 2.75. The highest BCUT2D eigenvalue weighted by molar-refractivity contribution is 6.00. The zero-order valence-electron chi connectivity index (χ0n) is 12.6. The first kappa shape index (κ1) is 14.0. The summed E-state index contributed by atoms with van der Waals surface area (Å²) in [6, 6.07) is 7.66. The number of H-pyrrole nitrogens is 1. The first-order chi connectivity index (χ1) is 10.2. The van der Waals surface area contributed by atoms with Crippen LogP contribution >= 0.6 is 0 Å². The molecule has 0 spiro atoms. The molecule has 1 atom stereocenters. The molecule has 1 aromatic heterocycles. The first-order valence-corrected chi connectivity index (χ1v) is 7.85. The van der Waals surface area contributed by atoms with E-state index in [0.29, 0.717) is 11.4 Å². The quantitative estimate of drug-likeness (QED) is 0.831. The topological polar surface area (TPSA) is 62.1 Å². The van der Waals surface area contributed by atoms with E-state index in [1.165, 1.54) is 12.8 Å². The number of hydrogen-bond acceptors (Lipinski definition) is 2. The van der Waals surface area contributed by atoms with Crippen LogP contribution in [0.5, 0.6) is 0 Å². The van der Waals surface area contributed by atoms with Gasteiger partial charge >= 0.3 is 0 Å². The van der Waals surface area contributed by atoms with Gasteiger partial charge in [0.2, 0.25) is 0 Å². The van der Waals surface area contributed by atoms with Crippen LogP contribution in [0.1, 0.15) is 43.1 Å². The molecule has 0 bridgehead atoms. The number of carbonyl (C=O) groups is 1. The second-order valence-corrected chi connectivity index (χ2v) is 5.99. The maximum Gasteiger partial charge on any atom is 0.270 e. The number of nitrogens with zero attached hydrogens (tertiary/aromatic N) is 1. The van der Waals surface area contributed by atoms with E-state index >= 15 is 0 Å². The van der Waals surface area contributed by atoms with Gasteiger partial charge in [0.1, 0.15) is 5.69 Å². The predicted molar refractivity (Wildman–Crippen MR) is 86.2 cm³/mol. The molecule has 112 valence electrons. The lowest BCUT2D eigenvalue weighted by atomic mass is 9.98. The van der Waals surface area contributed by atoms with Crippen LogP contribution in [0.4, 0.5) is 5.69 Å². The van der Waals surface area contributed by atoms with Gasteiger partial charge in [-0.15, -0.1) is 0 Å². The number of fused-ring (bicyclic) bond motifs is 1. The Morgan fingerprint density at radius 1 is 1.38 bits per heavy atom. The Morgan fingerprint density at radius 3 is 3.00 bits per heavy atom. The number of nitrogens with two attached hydrogens (primary N) is 1. The van der Waals surface area contributed by atoms with Crippen molar-refractivity contribution < 1.29 is 4.79 Å². The van der Waals surface area contributed by atoms with Crippen LogP contribution in [0.15, 0.2) is 24.3 Å². The molecule has 1 saturated heterocycles.